The van der Waals surface area contributed by atoms with Crippen LogP contribution in [0.1, 0.15) is 35.2 Å². The molecule has 2 atom stereocenters. The Hall–Kier alpha value is -1.43. The molecule has 0 bridgehead atoms. The monoisotopic (exact) mass is 472 g/mol. The third-order valence-corrected chi connectivity index (χ3v) is 6.21. The highest BCUT2D eigenvalue weighted by molar-refractivity contribution is 9.09. The summed E-state index contributed by atoms with van der Waals surface area (Å²) in [5, 5.41) is 0.579. The first-order valence-corrected chi connectivity index (χ1v) is 9.92. The highest BCUT2D eigenvalue weighted by Gasteiger charge is 2.32. The number of benzene rings is 2. The van der Waals surface area contributed by atoms with Crippen molar-refractivity contribution in [3.8, 4) is 5.75 Å². The normalized spacial score (nSPS) is 18.6. The quantitative estimate of drug-likeness (QED) is 0.587. The van der Waals surface area contributed by atoms with Crippen molar-refractivity contribution in [1.82, 2.24) is 0 Å². The van der Waals surface area contributed by atoms with Crippen LogP contribution >= 0.6 is 39.9 Å². The highest BCUT2D eigenvalue weighted by Crippen LogP contribution is 2.36. The van der Waals surface area contributed by atoms with Crippen LogP contribution in [0.3, 0.4) is 0 Å². The zero-order valence-electron chi connectivity index (χ0n) is 15.0. The first-order chi connectivity index (χ1) is 12.5. The molecule has 2 aromatic rings. The Balaban J connectivity index is 0.00000261. The van der Waals surface area contributed by atoms with Crippen LogP contribution in [-0.2, 0) is 6.54 Å². The summed E-state index contributed by atoms with van der Waals surface area (Å²) in [5.74, 6) is 0.237. The maximum atomic E-state index is 12.0. The van der Waals surface area contributed by atoms with Gasteiger partial charge in [0, 0.05) is 17.4 Å². The number of carbonyl (C=O) groups is 1. The smallest absolute Gasteiger partial charge is 0.250 e. The Morgan fingerprint density at radius 3 is 2.63 bits per heavy atom. The van der Waals surface area contributed by atoms with Crippen molar-refractivity contribution in [2.24, 2.45) is 5.73 Å². The van der Waals surface area contributed by atoms with E-state index in [0.29, 0.717) is 27.7 Å². The second-order valence-corrected chi connectivity index (χ2v) is 8.08. The van der Waals surface area contributed by atoms with E-state index in [1.165, 1.54) is 0 Å². The van der Waals surface area contributed by atoms with Crippen LogP contribution < -0.4 is 15.4 Å². The number of alkyl halides is 1. The minimum Gasteiger partial charge on any atom is -0.495 e. The van der Waals surface area contributed by atoms with Crippen molar-refractivity contribution < 1.29 is 9.53 Å². The molecule has 0 aromatic heterocycles. The fourth-order valence-electron chi connectivity index (χ4n) is 3.56. The van der Waals surface area contributed by atoms with E-state index in [9.17, 15) is 4.79 Å². The van der Waals surface area contributed by atoms with Gasteiger partial charge >= 0.3 is 0 Å². The molecular formula is C20H23BrCl2N2O2. The number of hydrogen-bond acceptors (Lipinski definition) is 3. The van der Waals surface area contributed by atoms with E-state index >= 15 is 0 Å². The lowest BCUT2D eigenvalue weighted by atomic mass is 10.1. The molecule has 0 aliphatic heterocycles. The van der Waals surface area contributed by atoms with Gasteiger partial charge in [-0.05, 0) is 42.7 Å². The summed E-state index contributed by atoms with van der Waals surface area (Å²) in [6.45, 7) is 0.640. The Kier molecular flexibility index (Phi) is 7.83. The number of nitrogens with two attached hydrogens (primary N) is 1. The second kappa shape index (κ2) is 9.67. The molecule has 3 rings (SSSR count). The first-order valence-electron chi connectivity index (χ1n) is 8.63. The van der Waals surface area contributed by atoms with Crippen LogP contribution in [0.4, 0.5) is 5.69 Å². The fraction of sp³-hybridized carbons (Fsp3) is 0.350. The highest BCUT2D eigenvalue weighted by atomic mass is 79.9. The topological polar surface area (TPSA) is 55.6 Å². The second-order valence-electron chi connectivity index (χ2n) is 6.49. The summed E-state index contributed by atoms with van der Waals surface area (Å²) in [6.07, 6.45) is 3.33. The van der Waals surface area contributed by atoms with Gasteiger partial charge in [-0.2, -0.15) is 0 Å². The molecule has 2 N–H and O–H groups in total. The molecule has 0 saturated heterocycles. The summed E-state index contributed by atoms with van der Waals surface area (Å²) in [5.41, 5.74) is 8.09. The predicted molar refractivity (Wildman–Crippen MR) is 117 cm³/mol. The number of carbonyl (C=O) groups excluding carboxylic acids is 1. The van der Waals surface area contributed by atoms with Crippen LogP contribution in [0.25, 0.3) is 0 Å². The van der Waals surface area contributed by atoms with E-state index in [0.717, 1.165) is 30.5 Å². The molecule has 4 nitrogen and oxygen atoms in total. The molecule has 146 valence electrons. The number of hydrogen-bond donors (Lipinski definition) is 1. The zero-order valence-corrected chi connectivity index (χ0v) is 18.2. The van der Waals surface area contributed by atoms with Gasteiger partial charge in [-0.25, -0.2) is 0 Å². The number of anilines is 1. The maximum Gasteiger partial charge on any atom is 0.250 e. The largest absolute Gasteiger partial charge is 0.495 e. The standard InChI is InChI=1S/C20H22BrClN2O2.ClH/c1-26-19-10-9-13(11-16(19)22)12-24(18-8-4-6-15(18)21)17-7-3-2-5-14(17)20(23)25;/h2-3,5,7,9-11,15,18H,4,6,8,12H2,1H3,(H2,23,25);1H. The fourth-order valence-corrected chi connectivity index (χ4v) is 4.72. The number of halogens is 3. The average Bonchev–Trinajstić information content (AvgIpc) is 3.05. The van der Waals surface area contributed by atoms with Crippen LogP contribution in [0.5, 0.6) is 5.75 Å². The Morgan fingerprint density at radius 1 is 1.30 bits per heavy atom. The number of methoxy groups -OCH3 is 1. The van der Waals surface area contributed by atoms with Crippen LogP contribution in [0.2, 0.25) is 5.02 Å². The van der Waals surface area contributed by atoms with E-state index < -0.39 is 5.91 Å². The van der Waals surface area contributed by atoms with Gasteiger partial charge in [0.05, 0.1) is 23.4 Å². The van der Waals surface area contributed by atoms with Gasteiger partial charge in [-0.15, -0.1) is 12.4 Å². The van der Waals surface area contributed by atoms with Crippen LogP contribution in [-0.4, -0.2) is 23.9 Å². The van der Waals surface area contributed by atoms with E-state index in [1.807, 2.05) is 36.4 Å². The lowest BCUT2D eigenvalue weighted by Crippen LogP contribution is -2.39. The molecule has 2 aromatic carbocycles. The molecule has 1 saturated carbocycles. The third kappa shape index (κ3) is 4.89. The number of nitrogens with zero attached hydrogens (tertiary/aromatic N) is 1. The molecule has 0 spiro atoms. The number of rotatable bonds is 6. The maximum absolute atomic E-state index is 12.0. The number of amides is 1. The predicted octanol–water partition coefficient (Wildman–Crippen LogP) is 5.19. The van der Waals surface area contributed by atoms with Gasteiger partial charge in [-0.1, -0.05) is 52.2 Å². The van der Waals surface area contributed by atoms with Gasteiger partial charge in [0.2, 0.25) is 0 Å². The molecule has 27 heavy (non-hydrogen) atoms. The third-order valence-electron chi connectivity index (χ3n) is 4.85. The van der Waals surface area contributed by atoms with E-state index in [4.69, 9.17) is 22.1 Å². The van der Waals surface area contributed by atoms with Crippen molar-refractivity contribution >= 4 is 51.5 Å². The summed E-state index contributed by atoms with van der Waals surface area (Å²) >= 11 is 10.1. The van der Waals surface area contributed by atoms with Gasteiger partial charge < -0.3 is 15.4 Å². The van der Waals surface area contributed by atoms with Crippen molar-refractivity contribution in [3.05, 3.63) is 58.6 Å². The first kappa shape index (κ1) is 21.9. The minimum atomic E-state index is -0.414. The molecule has 0 radical (unpaired) electrons. The van der Waals surface area contributed by atoms with Crippen molar-refractivity contribution in [3.63, 3.8) is 0 Å². The summed E-state index contributed by atoms with van der Waals surface area (Å²) in [6, 6.07) is 13.6. The summed E-state index contributed by atoms with van der Waals surface area (Å²) in [7, 11) is 1.60. The van der Waals surface area contributed by atoms with Crippen molar-refractivity contribution in [1.29, 1.82) is 0 Å². The molecule has 2 unspecified atom stereocenters. The Labute approximate surface area is 179 Å². The lowest BCUT2D eigenvalue weighted by molar-refractivity contribution is 0.100. The molecule has 1 amide bonds. The average molecular weight is 474 g/mol. The SMILES string of the molecule is COc1ccc(CN(c2ccccc2C(N)=O)C2CCCC2Br)cc1Cl.Cl. The summed E-state index contributed by atoms with van der Waals surface area (Å²) < 4.78 is 5.24. The molecule has 0 heterocycles. The van der Waals surface area contributed by atoms with Gasteiger partial charge in [0.15, 0.2) is 0 Å². The van der Waals surface area contributed by atoms with Gasteiger partial charge in [0.25, 0.3) is 5.91 Å². The number of para-hydroxylation sites is 1. The van der Waals surface area contributed by atoms with Crippen LogP contribution in [0.15, 0.2) is 42.5 Å². The van der Waals surface area contributed by atoms with E-state index in [1.54, 1.807) is 13.2 Å². The van der Waals surface area contributed by atoms with E-state index in [-0.39, 0.29) is 18.4 Å². The number of primary amides is 1. The van der Waals surface area contributed by atoms with Gasteiger partial charge in [0.1, 0.15) is 5.75 Å². The molecule has 1 fully saturated rings. The van der Waals surface area contributed by atoms with E-state index in [2.05, 4.69) is 20.8 Å². The molecule has 1 aliphatic rings. The zero-order chi connectivity index (χ0) is 18.7. The Bertz CT molecular complexity index is 803. The minimum absolute atomic E-state index is 0. The number of ether oxygens (including phenoxy) is 1. The molecule has 1 aliphatic carbocycles. The molecule has 7 heteroatoms. The van der Waals surface area contributed by atoms with Crippen LogP contribution in [0, 0.1) is 0 Å². The lowest BCUT2D eigenvalue weighted by Gasteiger charge is -2.34. The van der Waals surface area contributed by atoms with Gasteiger partial charge in [-0.3, -0.25) is 4.79 Å². The summed E-state index contributed by atoms with van der Waals surface area (Å²) in [4.78, 5) is 14.6. The Morgan fingerprint density at radius 2 is 2.04 bits per heavy atom. The van der Waals surface area contributed by atoms with Crippen molar-refractivity contribution in [2.45, 2.75) is 36.7 Å². The van der Waals surface area contributed by atoms with Crippen molar-refractivity contribution in [2.75, 3.05) is 12.0 Å². The molecular weight excluding hydrogens is 451 g/mol.